The molecule has 3 heteroatoms. The maximum atomic E-state index is 11.7. The van der Waals surface area contributed by atoms with E-state index in [9.17, 15) is 9.90 Å². The molecule has 2 aliphatic carbocycles. The normalized spacial score (nSPS) is 40.6. The largest absolute Gasteiger partial charge is 0.426 e. The first-order valence-electron chi connectivity index (χ1n) is 9.43. The number of carbonyl (C=O) groups excluding carboxylic acids is 1. The average molecular weight is 320 g/mol. The number of ether oxygens (including phenoxy) is 1. The smallest absolute Gasteiger partial charge is 0.333 e. The van der Waals surface area contributed by atoms with Crippen molar-refractivity contribution in [3.63, 3.8) is 0 Å². The summed E-state index contributed by atoms with van der Waals surface area (Å²) in [5.41, 5.74) is 1.08. The van der Waals surface area contributed by atoms with Crippen LogP contribution in [0, 0.1) is 29.1 Å². The van der Waals surface area contributed by atoms with Crippen LogP contribution in [0.15, 0.2) is 11.6 Å². The molecule has 0 spiro atoms. The summed E-state index contributed by atoms with van der Waals surface area (Å²) in [7, 11) is 0. The van der Waals surface area contributed by atoms with Crippen LogP contribution in [0.1, 0.15) is 72.6 Å². The van der Waals surface area contributed by atoms with Crippen LogP contribution in [0.5, 0.6) is 0 Å². The van der Waals surface area contributed by atoms with Crippen LogP contribution in [0.2, 0.25) is 0 Å². The van der Waals surface area contributed by atoms with E-state index in [0.717, 1.165) is 24.3 Å². The molecule has 130 valence electrons. The predicted molar refractivity (Wildman–Crippen MR) is 90.5 cm³/mol. The summed E-state index contributed by atoms with van der Waals surface area (Å²) >= 11 is 0. The zero-order valence-electron chi connectivity index (χ0n) is 15.1. The van der Waals surface area contributed by atoms with E-state index >= 15 is 0 Å². The summed E-state index contributed by atoms with van der Waals surface area (Å²) < 4.78 is 5.22. The third-order valence-corrected chi connectivity index (χ3v) is 6.91. The van der Waals surface area contributed by atoms with Crippen molar-refractivity contribution in [1.82, 2.24) is 0 Å². The van der Waals surface area contributed by atoms with Crippen LogP contribution >= 0.6 is 0 Å². The Balaban J connectivity index is 1.73. The Morgan fingerprint density at radius 1 is 1.26 bits per heavy atom. The highest BCUT2D eigenvalue weighted by atomic mass is 16.7. The molecule has 3 aliphatic rings. The zero-order valence-corrected chi connectivity index (χ0v) is 15.1. The summed E-state index contributed by atoms with van der Waals surface area (Å²) in [6.45, 7) is 9.38. The van der Waals surface area contributed by atoms with Crippen LogP contribution in [0.25, 0.3) is 0 Å². The Kier molecular flexibility index (Phi) is 4.37. The van der Waals surface area contributed by atoms with Crippen molar-refractivity contribution in [2.75, 3.05) is 0 Å². The average Bonchev–Trinajstić information content (AvgIpc) is 2.94. The number of carbonyl (C=O) groups is 1. The van der Waals surface area contributed by atoms with Crippen molar-refractivity contribution < 1.29 is 14.6 Å². The lowest BCUT2D eigenvalue weighted by Crippen LogP contribution is -2.46. The Bertz CT molecular complexity index is 509. The summed E-state index contributed by atoms with van der Waals surface area (Å²) in [5, 5.41) is 10.7. The van der Waals surface area contributed by atoms with E-state index in [2.05, 4.69) is 27.7 Å². The summed E-state index contributed by atoms with van der Waals surface area (Å²) in [4.78, 5) is 11.7. The molecule has 0 bridgehead atoms. The maximum Gasteiger partial charge on any atom is 0.333 e. The number of esters is 1. The zero-order chi connectivity index (χ0) is 16.8. The molecule has 0 unspecified atom stereocenters. The first kappa shape index (κ1) is 17.0. The molecule has 23 heavy (non-hydrogen) atoms. The van der Waals surface area contributed by atoms with Gasteiger partial charge in [-0.2, -0.15) is 0 Å². The highest BCUT2D eigenvalue weighted by molar-refractivity contribution is 5.86. The number of rotatable bonds is 5. The Morgan fingerprint density at radius 2 is 2.00 bits per heavy atom. The van der Waals surface area contributed by atoms with Gasteiger partial charge in [0.15, 0.2) is 0 Å². The third kappa shape index (κ3) is 2.86. The number of fused-ring (bicyclic) bond motifs is 3. The molecule has 3 rings (SSSR count). The molecule has 1 aliphatic heterocycles. The fraction of sp³-hybridized carbons (Fsp3) is 0.850. The maximum absolute atomic E-state index is 11.7. The third-order valence-electron chi connectivity index (χ3n) is 6.91. The van der Waals surface area contributed by atoms with Crippen molar-refractivity contribution in [1.29, 1.82) is 0 Å². The topological polar surface area (TPSA) is 46.5 Å². The Hall–Kier alpha value is -0.830. The van der Waals surface area contributed by atoms with E-state index in [1.165, 1.54) is 25.7 Å². The molecule has 0 aromatic rings. The second kappa shape index (κ2) is 5.91. The lowest BCUT2D eigenvalue weighted by atomic mass is 9.59. The van der Waals surface area contributed by atoms with Gasteiger partial charge in [0.1, 0.15) is 0 Å². The molecular formula is C20H32O3. The molecule has 0 amide bonds. The predicted octanol–water partition coefficient (Wildman–Crippen LogP) is 4.45. The monoisotopic (exact) mass is 320 g/mol. The lowest BCUT2D eigenvalue weighted by molar-refractivity contribution is -0.196. The minimum Gasteiger partial charge on any atom is -0.426 e. The van der Waals surface area contributed by atoms with Gasteiger partial charge in [-0.25, -0.2) is 4.79 Å². The molecule has 5 atom stereocenters. The summed E-state index contributed by atoms with van der Waals surface area (Å²) in [5.74, 6) is 0.849. The fourth-order valence-corrected chi connectivity index (χ4v) is 5.62. The second-order valence-corrected chi connectivity index (χ2v) is 8.85. The van der Waals surface area contributed by atoms with E-state index in [-0.39, 0.29) is 11.4 Å². The minimum absolute atomic E-state index is 0.212. The van der Waals surface area contributed by atoms with Crippen molar-refractivity contribution >= 4 is 5.97 Å². The number of hydrogen-bond acceptors (Lipinski definition) is 3. The van der Waals surface area contributed by atoms with Gasteiger partial charge in [0.25, 0.3) is 0 Å². The fourth-order valence-electron chi connectivity index (χ4n) is 5.62. The molecule has 3 nitrogen and oxygen atoms in total. The van der Waals surface area contributed by atoms with Gasteiger partial charge in [-0.3, -0.25) is 0 Å². The standard InChI is InChI=1S/C20H32O3/c1-13(2)6-5-7-14(3)15-8-9-16-17-12-18(21)23-20(17,22)11-10-19(15,16)4/h12-16,22H,5-11H2,1-4H3/t14-,15-,16+,19-,20+/m1/s1. The molecular weight excluding hydrogens is 288 g/mol. The summed E-state index contributed by atoms with van der Waals surface area (Å²) in [6.07, 6.45) is 9.31. The molecule has 0 aromatic heterocycles. The lowest BCUT2D eigenvalue weighted by Gasteiger charge is -2.47. The van der Waals surface area contributed by atoms with Crippen LogP contribution in [-0.2, 0) is 9.53 Å². The van der Waals surface area contributed by atoms with Crippen molar-refractivity contribution in [3.05, 3.63) is 11.6 Å². The van der Waals surface area contributed by atoms with Crippen molar-refractivity contribution in [2.24, 2.45) is 29.1 Å². The first-order valence-corrected chi connectivity index (χ1v) is 9.43. The first-order chi connectivity index (χ1) is 10.8. The van der Waals surface area contributed by atoms with E-state index in [1.54, 1.807) is 6.08 Å². The van der Waals surface area contributed by atoms with Gasteiger partial charge >= 0.3 is 5.97 Å². The van der Waals surface area contributed by atoms with Gasteiger partial charge in [-0.15, -0.1) is 0 Å². The Morgan fingerprint density at radius 3 is 2.70 bits per heavy atom. The van der Waals surface area contributed by atoms with Gasteiger partial charge in [0.05, 0.1) is 0 Å². The molecule has 2 saturated carbocycles. The van der Waals surface area contributed by atoms with E-state index in [0.29, 0.717) is 24.2 Å². The van der Waals surface area contributed by atoms with Gasteiger partial charge in [-0.1, -0.05) is 47.0 Å². The SMILES string of the molecule is CC(C)CCC[C@@H](C)[C@H]1CC[C@H]2C3=CC(=O)O[C@@]3(O)CC[C@]12C. The highest BCUT2D eigenvalue weighted by Gasteiger charge is 2.59. The van der Waals surface area contributed by atoms with Crippen LogP contribution in [-0.4, -0.2) is 16.9 Å². The van der Waals surface area contributed by atoms with Crippen LogP contribution in [0.4, 0.5) is 0 Å². The highest BCUT2D eigenvalue weighted by Crippen LogP contribution is 2.62. The number of hydrogen-bond donors (Lipinski definition) is 1. The molecule has 2 fully saturated rings. The summed E-state index contributed by atoms with van der Waals surface area (Å²) in [6, 6.07) is 0. The molecule has 1 heterocycles. The van der Waals surface area contributed by atoms with Crippen molar-refractivity contribution in [3.8, 4) is 0 Å². The van der Waals surface area contributed by atoms with E-state index < -0.39 is 5.79 Å². The van der Waals surface area contributed by atoms with Gasteiger partial charge < -0.3 is 9.84 Å². The molecule has 0 radical (unpaired) electrons. The quantitative estimate of drug-likeness (QED) is 0.761. The minimum atomic E-state index is -1.29. The Labute approximate surface area is 140 Å². The van der Waals surface area contributed by atoms with E-state index in [4.69, 9.17) is 4.74 Å². The van der Waals surface area contributed by atoms with Crippen LogP contribution in [0.3, 0.4) is 0 Å². The van der Waals surface area contributed by atoms with Gasteiger partial charge in [-0.05, 0) is 48.3 Å². The van der Waals surface area contributed by atoms with Gasteiger partial charge in [0.2, 0.25) is 5.79 Å². The second-order valence-electron chi connectivity index (χ2n) is 8.85. The van der Waals surface area contributed by atoms with Crippen molar-refractivity contribution in [2.45, 2.75) is 78.4 Å². The van der Waals surface area contributed by atoms with E-state index in [1.807, 2.05) is 0 Å². The molecule has 0 aromatic carbocycles. The molecule has 0 saturated heterocycles. The number of aliphatic hydroxyl groups is 1. The van der Waals surface area contributed by atoms with Gasteiger partial charge in [0, 0.05) is 18.1 Å². The molecule has 1 N–H and O–H groups in total. The van der Waals surface area contributed by atoms with Crippen LogP contribution < -0.4 is 0 Å².